The average molecular weight is 306 g/mol. The van der Waals surface area contributed by atoms with Gasteiger partial charge in [0.2, 0.25) is 11.8 Å². The highest BCUT2D eigenvalue weighted by molar-refractivity contribution is 5.79. The summed E-state index contributed by atoms with van der Waals surface area (Å²) < 4.78 is 0. The van der Waals surface area contributed by atoms with Crippen molar-refractivity contribution in [2.75, 3.05) is 13.1 Å². The minimum absolute atomic E-state index is 0.00296. The number of H-pyrrole nitrogens is 1. The van der Waals surface area contributed by atoms with Gasteiger partial charge in [-0.2, -0.15) is 5.10 Å². The van der Waals surface area contributed by atoms with Gasteiger partial charge in [-0.15, -0.1) is 0 Å². The molecule has 1 aliphatic heterocycles. The van der Waals surface area contributed by atoms with Crippen molar-refractivity contribution in [2.45, 2.75) is 58.4 Å². The first-order valence-corrected chi connectivity index (χ1v) is 8.12. The molecule has 2 amide bonds. The Hall–Kier alpha value is -1.85. The number of aryl methyl sites for hydroxylation is 1. The van der Waals surface area contributed by atoms with E-state index in [1.807, 2.05) is 24.8 Å². The third-order valence-corrected chi connectivity index (χ3v) is 3.96. The van der Waals surface area contributed by atoms with Crippen LogP contribution in [0.15, 0.2) is 6.07 Å². The first kappa shape index (κ1) is 16.5. The van der Waals surface area contributed by atoms with E-state index >= 15 is 0 Å². The van der Waals surface area contributed by atoms with Gasteiger partial charge in [-0.3, -0.25) is 14.7 Å². The number of amides is 2. The fourth-order valence-corrected chi connectivity index (χ4v) is 2.80. The number of aromatic amines is 1. The molecule has 6 heteroatoms. The van der Waals surface area contributed by atoms with Crippen molar-refractivity contribution in [1.29, 1.82) is 0 Å². The molecular weight excluding hydrogens is 280 g/mol. The van der Waals surface area contributed by atoms with Crippen molar-refractivity contribution in [3.05, 3.63) is 17.5 Å². The summed E-state index contributed by atoms with van der Waals surface area (Å²) >= 11 is 0. The standard InChI is InChI=1S/C16H26N4O2/c1-12(10-14-11-13(2)18-19-14)17-15(21)7-9-20-8-5-3-4-6-16(20)22/h11-12H,3-10H2,1-2H3,(H,17,21)(H,18,19)/t12-/m1/s1. The number of nitrogens with zero attached hydrogens (tertiary/aromatic N) is 2. The lowest BCUT2D eigenvalue weighted by molar-refractivity contribution is -0.131. The minimum Gasteiger partial charge on any atom is -0.353 e. The molecule has 0 bridgehead atoms. The predicted octanol–water partition coefficient (Wildman–Crippen LogP) is 1.56. The van der Waals surface area contributed by atoms with Gasteiger partial charge in [-0.25, -0.2) is 0 Å². The summed E-state index contributed by atoms with van der Waals surface area (Å²) in [6.45, 7) is 5.24. The number of aromatic nitrogens is 2. The fraction of sp³-hybridized carbons (Fsp3) is 0.688. The molecule has 0 spiro atoms. The molecule has 1 fully saturated rings. The van der Waals surface area contributed by atoms with E-state index in [9.17, 15) is 9.59 Å². The van der Waals surface area contributed by atoms with Crippen molar-refractivity contribution >= 4 is 11.8 Å². The first-order valence-electron chi connectivity index (χ1n) is 8.12. The molecule has 2 N–H and O–H groups in total. The summed E-state index contributed by atoms with van der Waals surface area (Å²) in [5.41, 5.74) is 1.97. The van der Waals surface area contributed by atoms with E-state index < -0.39 is 0 Å². The van der Waals surface area contributed by atoms with Crippen LogP contribution in [0.1, 0.15) is 50.4 Å². The maximum absolute atomic E-state index is 12.0. The van der Waals surface area contributed by atoms with Crippen molar-refractivity contribution in [1.82, 2.24) is 20.4 Å². The second-order valence-corrected chi connectivity index (χ2v) is 6.16. The molecule has 0 aliphatic carbocycles. The van der Waals surface area contributed by atoms with E-state index in [0.29, 0.717) is 25.8 Å². The predicted molar refractivity (Wildman–Crippen MR) is 84.3 cm³/mol. The number of carbonyl (C=O) groups excluding carboxylic acids is 2. The maximum Gasteiger partial charge on any atom is 0.222 e. The number of rotatable bonds is 6. The number of carbonyl (C=O) groups is 2. The summed E-state index contributed by atoms with van der Waals surface area (Å²) in [4.78, 5) is 25.7. The monoisotopic (exact) mass is 306 g/mol. The third-order valence-electron chi connectivity index (χ3n) is 3.96. The molecule has 1 aliphatic rings. The third kappa shape index (κ3) is 5.16. The SMILES string of the molecule is Cc1cc(C[C@@H](C)NC(=O)CCN2CCCCCC2=O)n[nH]1. The van der Waals surface area contributed by atoms with Crippen LogP contribution in [0.3, 0.4) is 0 Å². The molecular formula is C16H26N4O2. The molecule has 2 heterocycles. The van der Waals surface area contributed by atoms with Crippen molar-refractivity contribution < 1.29 is 9.59 Å². The Morgan fingerprint density at radius 3 is 3.00 bits per heavy atom. The maximum atomic E-state index is 12.0. The van der Waals surface area contributed by atoms with E-state index in [1.165, 1.54) is 0 Å². The Bertz CT molecular complexity index is 512. The summed E-state index contributed by atoms with van der Waals surface area (Å²) in [7, 11) is 0. The van der Waals surface area contributed by atoms with Crippen LogP contribution in [0.2, 0.25) is 0 Å². The molecule has 2 rings (SSSR count). The first-order chi connectivity index (χ1) is 10.5. The van der Waals surface area contributed by atoms with E-state index in [0.717, 1.165) is 37.2 Å². The van der Waals surface area contributed by atoms with E-state index in [4.69, 9.17) is 0 Å². The molecule has 0 unspecified atom stereocenters. The largest absolute Gasteiger partial charge is 0.353 e. The lowest BCUT2D eigenvalue weighted by Crippen LogP contribution is -2.38. The van der Waals surface area contributed by atoms with Crippen LogP contribution in [0.4, 0.5) is 0 Å². The van der Waals surface area contributed by atoms with Gasteiger partial charge in [0, 0.05) is 44.1 Å². The molecule has 6 nitrogen and oxygen atoms in total. The van der Waals surface area contributed by atoms with Crippen LogP contribution in [-0.4, -0.2) is 46.0 Å². The molecule has 22 heavy (non-hydrogen) atoms. The van der Waals surface area contributed by atoms with Crippen LogP contribution in [-0.2, 0) is 16.0 Å². The van der Waals surface area contributed by atoms with Gasteiger partial charge >= 0.3 is 0 Å². The van der Waals surface area contributed by atoms with Crippen LogP contribution >= 0.6 is 0 Å². The fourth-order valence-electron chi connectivity index (χ4n) is 2.80. The van der Waals surface area contributed by atoms with Gasteiger partial charge < -0.3 is 10.2 Å². The van der Waals surface area contributed by atoms with Crippen molar-refractivity contribution in [2.24, 2.45) is 0 Å². The minimum atomic E-state index is -0.00296. The quantitative estimate of drug-likeness (QED) is 0.837. The van der Waals surface area contributed by atoms with E-state index in [-0.39, 0.29) is 17.9 Å². The van der Waals surface area contributed by atoms with Crippen molar-refractivity contribution in [3.63, 3.8) is 0 Å². The number of hydrogen-bond acceptors (Lipinski definition) is 3. The van der Waals surface area contributed by atoms with Crippen LogP contribution in [0.5, 0.6) is 0 Å². The van der Waals surface area contributed by atoms with Crippen molar-refractivity contribution in [3.8, 4) is 0 Å². The van der Waals surface area contributed by atoms with Gasteiger partial charge in [0.25, 0.3) is 0 Å². The van der Waals surface area contributed by atoms with E-state index in [1.54, 1.807) is 0 Å². The lowest BCUT2D eigenvalue weighted by atomic mass is 10.1. The Kier molecular flexibility index (Phi) is 5.98. The zero-order chi connectivity index (χ0) is 15.9. The summed E-state index contributed by atoms with van der Waals surface area (Å²) in [6.07, 6.45) is 4.82. The smallest absolute Gasteiger partial charge is 0.222 e. The molecule has 0 aromatic carbocycles. The second kappa shape index (κ2) is 7.96. The van der Waals surface area contributed by atoms with Crippen LogP contribution in [0.25, 0.3) is 0 Å². The van der Waals surface area contributed by atoms with Gasteiger partial charge in [0.15, 0.2) is 0 Å². The molecule has 0 radical (unpaired) electrons. The highest BCUT2D eigenvalue weighted by atomic mass is 16.2. The molecule has 0 saturated carbocycles. The normalized spacial score (nSPS) is 17.2. The highest BCUT2D eigenvalue weighted by Crippen LogP contribution is 2.11. The summed E-state index contributed by atoms with van der Waals surface area (Å²) in [6, 6.07) is 2.02. The lowest BCUT2D eigenvalue weighted by Gasteiger charge is -2.20. The highest BCUT2D eigenvalue weighted by Gasteiger charge is 2.18. The van der Waals surface area contributed by atoms with Gasteiger partial charge in [-0.1, -0.05) is 6.42 Å². The number of likely N-dealkylation sites (tertiary alicyclic amines) is 1. The van der Waals surface area contributed by atoms with Crippen LogP contribution < -0.4 is 5.32 Å². The Balaban J connectivity index is 1.71. The molecule has 122 valence electrons. The van der Waals surface area contributed by atoms with Gasteiger partial charge in [0.05, 0.1) is 5.69 Å². The summed E-state index contributed by atoms with van der Waals surface area (Å²) in [5.74, 6) is 0.183. The number of nitrogens with one attached hydrogen (secondary N) is 2. The van der Waals surface area contributed by atoms with Crippen LogP contribution in [0, 0.1) is 6.92 Å². The molecule has 1 saturated heterocycles. The molecule has 1 aromatic rings. The zero-order valence-corrected chi connectivity index (χ0v) is 13.5. The number of hydrogen-bond donors (Lipinski definition) is 2. The summed E-state index contributed by atoms with van der Waals surface area (Å²) in [5, 5.41) is 10.0. The Morgan fingerprint density at radius 2 is 2.27 bits per heavy atom. The van der Waals surface area contributed by atoms with E-state index in [2.05, 4.69) is 15.5 Å². The second-order valence-electron chi connectivity index (χ2n) is 6.16. The zero-order valence-electron chi connectivity index (χ0n) is 13.5. The average Bonchev–Trinajstić information content (AvgIpc) is 2.74. The Labute approximate surface area is 131 Å². The molecule has 1 aromatic heterocycles. The topological polar surface area (TPSA) is 78.1 Å². The van der Waals surface area contributed by atoms with Gasteiger partial charge in [0.1, 0.15) is 0 Å². The molecule has 1 atom stereocenters. The Morgan fingerprint density at radius 1 is 1.45 bits per heavy atom. The van der Waals surface area contributed by atoms with Gasteiger partial charge in [-0.05, 0) is 32.8 Å².